The number of nitrogens with zero attached hydrogens (tertiary/aromatic N) is 2. The van der Waals surface area contributed by atoms with Gasteiger partial charge in [-0.1, -0.05) is 35.6 Å². The highest BCUT2D eigenvalue weighted by Crippen LogP contribution is 2.39. The topological polar surface area (TPSA) is 43.7 Å². The first-order chi connectivity index (χ1) is 11.9. The predicted octanol–water partition coefficient (Wildman–Crippen LogP) is 4.39. The van der Waals surface area contributed by atoms with Crippen molar-refractivity contribution < 1.29 is 9.47 Å². The molecule has 2 aliphatic rings. The Morgan fingerprint density at radius 1 is 1.04 bits per heavy atom. The van der Waals surface area contributed by atoms with E-state index >= 15 is 0 Å². The molecule has 5 rings (SSSR count). The molecule has 0 fully saturated rings. The average molecular weight is 334 g/mol. The highest BCUT2D eigenvalue weighted by atomic mass is 32.1. The van der Waals surface area contributed by atoms with Crippen molar-refractivity contribution in [2.24, 2.45) is 4.99 Å². The van der Waals surface area contributed by atoms with Crippen LogP contribution in [0.3, 0.4) is 0 Å². The van der Waals surface area contributed by atoms with Gasteiger partial charge in [-0.05, 0) is 42.2 Å². The van der Waals surface area contributed by atoms with Crippen LogP contribution < -0.4 is 9.47 Å². The van der Waals surface area contributed by atoms with Crippen LogP contribution in [0.5, 0.6) is 11.5 Å². The summed E-state index contributed by atoms with van der Waals surface area (Å²) < 4.78 is 10.7. The van der Waals surface area contributed by atoms with Crippen molar-refractivity contribution in [2.45, 2.75) is 12.8 Å². The summed E-state index contributed by atoms with van der Waals surface area (Å²) in [4.78, 5) is 10.6. The number of fused-ring (bicyclic) bond motifs is 4. The number of hydrogen-bond donors (Lipinski definition) is 0. The fraction of sp³-hybridized carbons (Fsp3) is 0.158. The molecule has 2 heterocycles. The van der Waals surface area contributed by atoms with Crippen LogP contribution in [0.25, 0.3) is 11.3 Å². The monoisotopic (exact) mass is 334 g/mol. The van der Waals surface area contributed by atoms with E-state index in [0.29, 0.717) is 0 Å². The van der Waals surface area contributed by atoms with Crippen molar-refractivity contribution in [1.29, 1.82) is 0 Å². The Balaban J connectivity index is 1.46. The third kappa shape index (κ3) is 2.29. The van der Waals surface area contributed by atoms with Crippen molar-refractivity contribution in [2.75, 3.05) is 6.79 Å². The zero-order valence-corrected chi connectivity index (χ0v) is 13.7. The van der Waals surface area contributed by atoms with E-state index in [0.717, 1.165) is 40.7 Å². The minimum absolute atomic E-state index is 0.286. The van der Waals surface area contributed by atoms with Crippen molar-refractivity contribution in [3.63, 3.8) is 0 Å². The zero-order valence-electron chi connectivity index (χ0n) is 12.9. The number of ether oxygens (including phenoxy) is 2. The van der Waals surface area contributed by atoms with Crippen LogP contribution in [-0.2, 0) is 12.8 Å². The summed E-state index contributed by atoms with van der Waals surface area (Å²) in [5.74, 6) is 1.56. The molecule has 0 spiro atoms. The molecular formula is C19H14N2O2S. The van der Waals surface area contributed by atoms with E-state index in [4.69, 9.17) is 14.5 Å². The molecule has 5 heteroatoms. The second-order valence-corrected chi connectivity index (χ2v) is 6.86. The van der Waals surface area contributed by atoms with Gasteiger partial charge in [-0.15, -0.1) is 0 Å². The van der Waals surface area contributed by atoms with E-state index in [1.807, 2.05) is 24.4 Å². The lowest BCUT2D eigenvalue weighted by Gasteiger charge is -2.13. The fourth-order valence-corrected chi connectivity index (χ4v) is 4.03. The first-order valence-electron chi connectivity index (χ1n) is 7.88. The third-order valence-corrected chi connectivity index (χ3v) is 5.32. The lowest BCUT2D eigenvalue weighted by molar-refractivity contribution is 0.174. The number of rotatable bonds is 2. The molecular weight excluding hydrogens is 320 g/mol. The second kappa shape index (κ2) is 5.46. The maximum absolute atomic E-state index is 5.40. The minimum Gasteiger partial charge on any atom is -0.454 e. The van der Waals surface area contributed by atoms with Crippen molar-refractivity contribution in [3.05, 3.63) is 58.5 Å². The molecule has 118 valence electrons. The first-order valence-corrected chi connectivity index (χ1v) is 8.70. The summed E-state index contributed by atoms with van der Waals surface area (Å²) in [6, 6.07) is 14.3. The number of aromatic nitrogens is 1. The van der Waals surface area contributed by atoms with Gasteiger partial charge in [0.2, 0.25) is 11.9 Å². The Kier molecular flexibility index (Phi) is 3.13. The Morgan fingerprint density at radius 2 is 1.96 bits per heavy atom. The van der Waals surface area contributed by atoms with Crippen LogP contribution in [0.1, 0.15) is 16.0 Å². The molecule has 0 N–H and O–H groups in total. The maximum Gasteiger partial charge on any atom is 0.231 e. The second-order valence-electron chi connectivity index (χ2n) is 5.80. The van der Waals surface area contributed by atoms with Gasteiger partial charge in [0.05, 0.1) is 5.69 Å². The van der Waals surface area contributed by atoms with Gasteiger partial charge >= 0.3 is 0 Å². The van der Waals surface area contributed by atoms with E-state index in [-0.39, 0.29) is 6.79 Å². The van der Waals surface area contributed by atoms with Crippen LogP contribution in [0.15, 0.2) is 47.5 Å². The number of thiazole rings is 1. The SMILES string of the molecule is C(=N\c1nc2c(s1)CCc1ccccc1-2)/c1ccc2c(c1)OCO2. The average Bonchev–Trinajstić information content (AvgIpc) is 3.25. The summed E-state index contributed by atoms with van der Waals surface area (Å²) in [7, 11) is 0. The van der Waals surface area contributed by atoms with E-state index in [9.17, 15) is 0 Å². The highest BCUT2D eigenvalue weighted by Gasteiger charge is 2.20. The van der Waals surface area contributed by atoms with Crippen LogP contribution in [-0.4, -0.2) is 18.0 Å². The molecule has 0 saturated carbocycles. The largest absolute Gasteiger partial charge is 0.454 e. The van der Waals surface area contributed by atoms with E-state index in [2.05, 4.69) is 29.3 Å². The normalized spacial score (nSPS) is 14.7. The Hall–Kier alpha value is -2.66. The Bertz CT molecular complexity index is 962. The smallest absolute Gasteiger partial charge is 0.231 e. The van der Waals surface area contributed by atoms with Gasteiger partial charge in [-0.2, -0.15) is 0 Å². The van der Waals surface area contributed by atoms with Gasteiger partial charge in [0.25, 0.3) is 0 Å². The summed E-state index contributed by atoms with van der Waals surface area (Å²) in [6.45, 7) is 0.286. The van der Waals surface area contributed by atoms with Gasteiger partial charge in [0.15, 0.2) is 11.5 Å². The van der Waals surface area contributed by atoms with Crippen LogP contribution in [0.4, 0.5) is 5.13 Å². The summed E-state index contributed by atoms with van der Waals surface area (Å²) in [6.07, 6.45) is 3.96. The molecule has 1 aromatic heterocycles. The Morgan fingerprint density at radius 3 is 2.96 bits per heavy atom. The lowest BCUT2D eigenvalue weighted by Crippen LogP contribution is -2.01. The number of hydrogen-bond acceptors (Lipinski definition) is 5. The van der Waals surface area contributed by atoms with Gasteiger partial charge in [0, 0.05) is 16.7 Å². The quantitative estimate of drug-likeness (QED) is 0.653. The molecule has 1 aliphatic heterocycles. The first kappa shape index (κ1) is 13.7. The molecule has 4 nitrogen and oxygen atoms in total. The number of aryl methyl sites for hydroxylation is 2. The van der Waals surface area contributed by atoms with Crippen molar-refractivity contribution >= 4 is 22.7 Å². The summed E-state index contributed by atoms with van der Waals surface area (Å²) in [5, 5.41) is 0.800. The van der Waals surface area contributed by atoms with Crippen LogP contribution in [0, 0.1) is 0 Å². The van der Waals surface area contributed by atoms with Gasteiger partial charge in [-0.25, -0.2) is 9.98 Å². The molecule has 0 saturated heterocycles. The molecule has 0 bridgehead atoms. The maximum atomic E-state index is 5.40. The van der Waals surface area contributed by atoms with Crippen molar-refractivity contribution in [1.82, 2.24) is 4.98 Å². The number of benzene rings is 2. The summed E-state index contributed by atoms with van der Waals surface area (Å²) >= 11 is 1.68. The third-order valence-electron chi connectivity index (χ3n) is 4.30. The molecule has 0 atom stereocenters. The van der Waals surface area contributed by atoms with E-state index in [1.165, 1.54) is 16.0 Å². The van der Waals surface area contributed by atoms with Crippen LogP contribution in [0.2, 0.25) is 0 Å². The molecule has 2 aromatic carbocycles. The van der Waals surface area contributed by atoms with Crippen molar-refractivity contribution in [3.8, 4) is 22.8 Å². The standard InChI is InChI=1S/C19H14N2O2S/c1-2-4-14-13(3-1)6-8-17-18(14)21-19(24-17)20-10-12-5-7-15-16(9-12)23-11-22-15/h1-5,7,9-10H,6,8,11H2/b20-10+. The molecule has 24 heavy (non-hydrogen) atoms. The minimum atomic E-state index is 0.286. The van der Waals surface area contributed by atoms with Gasteiger partial charge in [0.1, 0.15) is 0 Å². The lowest BCUT2D eigenvalue weighted by atomic mass is 9.94. The molecule has 0 amide bonds. The van der Waals surface area contributed by atoms with Gasteiger partial charge < -0.3 is 9.47 Å². The number of aliphatic imine (C=N–C) groups is 1. The Labute approximate surface area is 143 Å². The van der Waals surface area contributed by atoms with E-state index < -0.39 is 0 Å². The van der Waals surface area contributed by atoms with Gasteiger partial charge in [-0.3, -0.25) is 0 Å². The predicted molar refractivity (Wildman–Crippen MR) is 94.8 cm³/mol. The molecule has 1 aliphatic carbocycles. The molecule has 3 aromatic rings. The molecule has 0 unspecified atom stereocenters. The summed E-state index contributed by atoms with van der Waals surface area (Å²) in [5.41, 5.74) is 4.70. The zero-order chi connectivity index (χ0) is 15.9. The molecule has 0 radical (unpaired) electrons. The fourth-order valence-electron chi connectivity index (χ4n) is 3.12. The van der Waals surface area contributed by atoms with E-state index in [1.54, 1.807) is 11.3 Å². The van der Waals surface area contributed by atoms with Crippen LogP contribution >= 0.6 is 11.3 Å². The highest BCUT2D eigenvalue weighted by molar-refractivity contribution is 7.15.